The number of anilines is 2. The molecule has 0 heterocycles. The molecule has 0 aliphatic carbocycles. The molecule has 0 aromatic heterocycles. The number of hydrogen-bond acceptors (Lipinski definition) is 6. The Morgan fingerprint density at radius 2 is 1.81 bits per heavy atom. The van der Waals surface area contributed by atoms with E-state index in [0.29, 0.717) is 23.5 Å². The van der Waals surface area contributed by atoms with Gasteiger partial charge in [0, 0.05) is 30.6 Å². The maximum Gasteiger partial charge on any atom is 0.325 e. The van der Waals surface area contributed by atoms with Gasteiger partial charge in [0.15, 0.2) is 0 Å². The third kappa shape index (κ3) is 5.31. The van der Waals surface area contributed by atoms with Crippen molar-refractivity contribution in [2.75, 3.05) is 44.9 Å². The van der Waals surface area contributed by atoms with Crippen molar-refractivity contribution >= 4 is 23.3 Å². The first-order valence-electron chi connectivity index (χ1n) is 6.57. The molecule has 0 fully saturated rings. The molecule has 116 valence electrons. The summed E-state index contributed by atoms with van der Waals surface area (Å²) in [6.07, 6.45) is 0. The van der Waals surface area contributed by atoms with Crippen LogP contribution in [-0.2, 0) is 14.3 Å². The Balaban J connectivity index is 2.90. The largest absolute Gasteiger partial charge is 0.465 e. The lowest BCUT2D eigenvalue weighted by molar-refractivity contribution is -0.143. The Bertz CT molecular complexity index is 485. The van der Waals surface area contributed by atoms with Crippen molar-refractivity contribution in [3.8, 4) is 0 Å². The number of carbonyl (C=O) groups excluding carboxylic acids is 2. The van der Waals surface area contributed by atoms with Crippen LogP contribution in [0.3, 0.4) is 0 Å². The second-order valence-corrected chi connectivity index (χ2v) is 4.41. The van der Waals surface area contributed by atoms with E-state index < -0.39 is 5.97 Å². The van der Waals surface area contributed by atoms with Gasteiger partial charge in [-0.1, -0.05) is 0 Å². The third-order valence-corrected chi connectivity index (χ3v) is 2.70. The molecule has 1 aromatic carbocycles. The van der Waals surface area contributed by atoms with E-state index in [1.807, 2.05) is 0 Å². The van der Waals surface area contributed by atoms with Crippen LogP contribution in [0.4, 0.5) is 11.4 Å². The predicted molar refractivity (Wildman–Crippen MR) is 79.7 cm³/mol. The fourth-order valence-corrected chi connectivity index (χ4v) is 1.80. The van der Waals surface area contributed by atoms with E-state index in [2.05, 4.69) is 0 Å². The summed E-state index contributed by atoms with van der Waals surface area (Å²) in [4.78, 5) is 25.4. The number of nitrogens with two attached hydrogens (primary N) is 2. The first kappa shape index (κ1) is 16.8. The maximum atomic E-state index is 12.4. The first-order valence-corrected chi connectivity index (χ1v) is 6.57. The van der Waals surface area contributed by atoms with Crippen molar-refractivity contribution in [1.82, 2.24) is 4.90 Å². The molecule has 1 aromatic rings. The van der Waals surface area contributed by atoms with Gasteiger partial charge in [-0.3, -0.25) is 9.59 Å². The van der Waals surface area contributed by atoms with Crippen LogP contribution in [0.5, 0.6) is 0 Å². The van der Waals surface area contributed by atoms with Crippen LogP contribution in [-0.4, -0.2) is 50.2 Å². The number of benzene rings is 1. The fourth-order valence-electron chi connectivity index (χ4n) is 1.80. The molecule has 0 aliphatic heterocycles. The van der Waals surface area contributed by atoms with Crippen LogP contribution in [0.15, 0.2) is 18.2 Å². The van der Waals surface area contributed by atoms with Gasteiger partial charge in [0.25, 0.3) is 5.91 Å². The lowest BCUT2D eigenvalue weighted by atomic mass is 10.1. The quantitative estimate of drug-likeness (QED) is 0.560. The Hall–Kier alpha value is -2.28. The van der Waals surface area contributed by atoms with Gasteiger partial charge in [-0.05, 0) is 25.1 Å². The van der Waals surface area contributed by atoms with Gasteiger partial charge in [-0.25, -0.2) is 0 Å². The number of ether oxygens (including phenoxy) is 2. The Morgan fingerprint density at radius 1 is 1.19 bits per heavy atom. The molecule has 0 radical (unpaired) electrons. The number of hydrogen-bond donors (Lipinski definition) is 2. The lowest BCUT2D eigenvalue weighted by Crippen LogP contribution is -2.38. The molecule has 0 saturated carbocycles. The minimum absolute atomic E-state index is 0.148. The molecule has 4 N–H and O–H groups in total. The van der Waals surface area contributed by atoms with Crippen LogP contribution < -0.4 is 11.5 Å². The van der Waals surface area contributed by atoms with Crippen molar-refractivity contribution in [2.45, 2.75) is 6.92 Å². The van der Waals surface area contributed by atoms with Crippen molar-refractivity contribution in [3.05, 3.63) is 23.8 Å². The average Bonchev–Trinajstić information content (AvgIpc) is 2.41. The van der Waals surface area contributed by atoms with E-state index in [-0.39, 0.29) is 25.6 Å². The van der Waals surface area contributed by atoms with Crippen molar-refractivity contribution in [1.29, 1.82) is 0 Å². The predicted octanol–water partition coefficient (Wildman–Crippen LogP) is 0.503. The van der Waals surface area contributed by atoms with E-state index in [0.717, 1.165) is 0 Å². The molecule has 21 heavy (non-hydrogen) atoms. The van der Waals surface area contributed by atoms with Crippen molar-refractivity contribution < 1.29 is 19.1 Å². The standard InChI is InChI=1S/C14H21N3O4/c1-3-21-13(18)9-17(4-5-20-2)14(19)10-6-11(15)8-12(16)7-10/h6-8H,3-5,9,15-16H2,1-2H3. The molecule has 7 heteroatoms. The zero-order chi connectivity index (χ0) is 15.8. The lowest BCUT2D eigenvalue weighted by Gasteiger charge is -2.21. The highest BCUT2D eigenvalue weighted by atomic mass is 16.5. The van der Waals surface area contributed by atoms with E-state index >= 15 is 0 Å². The monoisotopic (exact) mass is 295 g/mol. The van der Waals surface area contributed by atoms with Gasteiger partial charge in [0.2, 0.25) is 0 Å². The zero-order valence-corrected chi connectivity index (χ0v) is 12.3. The number of carbonyl (C=O) groups is 2. The minimum atomic E-state index is -0.473. The SMILES string of the molecule is CCOC(=O)CN(CCOC)C(=O)c1cc(N)cc(N)c1. The number of nitrogen functional groups attached to an aromatic ring is 2. The molecule has 1 amide bonds. The molecule has 0 aliphatic rings. The highest BCUT2D eigenvalue weighted by molar-refractivity contribution is 5.97. The van der Waals surface area contributed by atoms with Crippen LogP contribution in [0, 0.1) is 0 Å². The molecular formula is C14H21N3O4. The second-order valence-electron chi connectivity index (χ2n) is 4.41. The highest BCUT2D eigenvalue weighted by Gasteiger charge is 2.20. The van der Waals surface area contributed by atoms with E-state index in [4.69, 9.17) is 20.9 Å². The molecule has 0 atom stereocenters. The second kappa shape index (κ2) is 8.11. The number of esters is 1. The minimum Gasteiger partial charge on any atom is -0.465 e. The number of amides is 1. The normalized spacial score (nSPS) is 10.2. The molecule has 0 spiro atoms. The van der Waals surface area contributed by atoms with E-state index in [1.54, 1.807) is 13.0 Å². The maximum absolute atomic E-state index is 12.4. The van der Waals surface area contributed by atoms with Crippen molar-refractivity contribution in [3.63, 3.8) is 0 Å². The molecular weight excluding hydrogens is 274 g/mol. The number of rotatable bonds is 7. The summed E-state index contributed by atoms with van der Waals surface area (Å²) in [6, 6.07) is 4.59. The topological polar surface area (TPSA) is 108 Å². The summed E-state index contributed by atoms with van der Waals surface area (Å²) in [5, 5.41) is 0. The van der Waals surface area contributed by atoms with Crippen molar-refractivity contribution in [2.24, 2.45) is 0 Å². The van der Waals surface area contributed by atoms with E-state index in [9.17, 15) is 9.59 Å². The highest BCUT2D eigenvalue weighted by Crippen LogP contribution is 2.15. The summed E-state index contributed by atoms with van der Waals surface area (Å²) < 4.78 is 9.81. The van der Waals surface area contributed by atoms with Gasteiger partial charge >= 0.3 is 5.97 Å². The summed E-state index contributed by atoms with van der Waals surface area (Å²) in [5.74, 6) is -0.821. The van der Waals surface area contributed by atoms with Crippen LogP contribution in [0.25, 0.3) is 0 Å². The van der Waals surface area contributed by atoms with Gasteiger partial charge in [-0.2, -0.15) is 0 Å². The molecule has 0 bridgehead atoms. The molecule has 0 saturated heterocycles. The molecule has 7 nitrogen and oxygen atoms in total. The Kier molecular flexibility index (Phi) is 6.48. The summed E-state index contributed by atoms with van der Waals surface area (Å²) >= 11 is 0. The average molecular weight is 295 g/mol. The summed E-state index contributed by atoms with van der Waals surface area (Å²) in [7, 11) is 1.52. The summed E-state index contributed by atoms with van der Waals surface area (Å²) in [5.41, 5.74) is 12.5. The third-order valence-electron chi connectivity index (χ3n) is 2.70. The summed E-state index contributed by atoms with van der Waals surface area (Å²) in [6.45, 7) is 2.39. The van der Waals surface area contributed by atoms with E-state index in [1.165, 1.54) is 24.1 Å². The van der Waals surface area contributed by atoms with Crippen LogP contribution in [0.2, 0.25) is 0 Å². The van der Waals surface area contributed by atoms with Gasteiger partial charge in [0.05, 0.1) is 13.2 Å². The van der Waals surface area contributed by atoms with Crippen LogP contribution in [0.1, 0.15) is 17.3 Å². The first-order chi connectivity index (χ1) is 9.97. The molecule has 0 unspecified atom stereocenters. The van der Waals surface area contributed by atoms with Crippen LogP contribution >= 0.6 is 0 Å². The Labute approximate surface area is 123 Å². The van der Waals surface area contributed by atoms with Gasteiger partial charge in [0.1, 0.15) is 6.54 Å². The van der Waals surface area contributed by atoms with Gasteiger partial charge < -0.3 is 25.8 Å². The Morgan fingerprint density at radius 3 is 2.33 bits per heavy atom. The molecule has 1 rings (SSSR count). The smallest absolute Gasteiger partial charge is 0.325 e. The van der Waals surface area contributed by atoms with Gasteiger partial charge in [-0.15, -0.1) is 0 Å². The number of nitrogens with zero attached hydrogens (tertiary/aromatic N) is 1. The fraction of sp³-hybridized carbons (Fsp3) is 0.429. The number of methoxy groups -OCH3 is 1. The zero-order valence-electron chi connectivity index (χ0n) is 12.3.